The molecular formula is C27H33ClN4O3S. The molecule has 9 heteroatoms. The Labute approximate surface area is 221 Å². The van der Waals surface area contributed by atoms with Gasteiger partial charge in [-0.15, -0.1) is 11.3 Å². The van der Waals surface area contributed by atoms with Gasteiger partial charge in [-0.05, 0) is 55.0 Å². The number of rotatable bonds is 12. The highest BCUT2D eigenvalue weighted by Gasteiger charge is 2.21. The lowest BCUT2D eigenvalue weighted by atomic mass is 9.98. The van der Waals surface area contributed by atoms with E-state index in [1.165, 1.54) is 0 Å². The average Bonchev–Trinajstić information content (AvgIpc) is 3.23. The molecule has 7 nitrogen and oxygen atoms in total. The lowest BCUT2D eigenvalue weighted by Gasteiger charge is -2.14. The van der Waals surface area contributed by atoms with Crippen molar-refractivity contribution in [2.24, 2.45) is 17.6 Å². The maximum Gasteiger partial charge on any atom is 0.308 e. The van der Waals surface area contributed by atoms with Gasteiger partial charge >= 0.3 is 5.97 Å². The molecule has 0 fully saturated rings. The molecule has 0 spiro atoms. The van der Waals surface area contributed by atoms with Crippen molar-refractivity contribution in [3.8, 4) is 11.3 Å². The van der Waals surface area contributed by atoms with Crippen LogP contribution in [0.15, 0.2) is 42.5 Å². The molecule has 2 aromatic carbocycles. The highest BCUT2D eigenvalue weighted by molar-refractivity contribution is 7.16. The van der Waals surface area contributed by atoms with E-state index in [0.29, 0.717) is 34.7 Å². The van der Waals surface area contributed by atoms with E-state index < -0.39 is 11.9 Å². The summed E-state index contributed by atoms with van der Waals surface area (Å²) < 4.78 is 0. The van der Waals surface area contributed by atoms with Gasteiger partial charge in [-0.1, -0.05) is 49.7 Å². The van der Waals surface area contributed by atoms with Crippen molar-refractivity contribution in [1.29, 1.82) is 0 Å². The third-order valence-corrected chi connectivity index (χ3v) is 7.13. The number of nitrogens with one attached hydrogen (secondary N) is 2. The van der Waals surface area contributed by atoms with Crippen LogP contribution in [-0.2, 0) is 17.6 Å². The maximum atomic E-state index is 12.2. The van der Waals surface area contributed by atoms with Crippen molar-refractivity contribution in [2.75, 3.05) is 25.0 Å². The van der Waals surface area contributed by atoms with E-state index in [1.807, 2.05) is 31.2 Å². The summed E-state index contributed by atoms with van der Waals surface area (Å²) in [6.07, 6.45) is 1.15. The van der Waals surface area contributed by atoms with Crippen LogP contribution in [0.5, 0.6) is 0 Å². The third-order valence-electron chi connectivity index (χ3n) is 5.69. The van der Waals surface area contributed by atoms with Crippen LogP contribution in [0.3, 0.4) is 0 Å². The molecule has 0 saturated carbocycles. The van der Waals surface area contributed by atoms with Gasteiger partial charge in [-0.3, -0.25) is 9.59 Å². The predicted octanol–water partition coefficient (Wildman–Crippen LogP) is 5.01. The topological polar surface area (TPSA) is 117 Å². The van der Waals surface area contributed by atoms with Crippen LogP contribution in [0.25, 0.3) is 11.3 Å². The van der Waals surface area contributed by atoms with Crippen molar-refractivity contribution >= 4 is 39.9 Å². The summed E-state index contributed by atoms with van der Waals surface area (Å²) in [5, 5.41) is 17.2. The zero-order valence-corrected chi connectivity index (χ0v) is 22.4. The van der Waals surface area contributed by atoms with Crippen LogP contribution in [0.1, 0.15) is 40.2 Å². The fourth-order valence-electron chi connectivity index (χ4n) is 3.77. The van der Waals surface area contributed by atoms with Crippen molar-refractivity contribution in [3.63, 3.8) is 0 Å². The molecule has 0 aliphatic rings. The highest BCUT2D eigenvalue weighted by Crippen LogP contribution is 2.35. The number of aromatic nitrogens is 1. The van der Waals surface area contributed by atoms with E-state index in [0.717, 1.165) is 33.7 Å². The predicted molar refractivity (Wildman–Crippen MR) is 147 cm³/mol. The Morgan fingerprint density at radius 3 is 2.61 bits per heavy atom. The first-order valence-corrected chi connectivity index (χ1v) is 13.2. The van der Waals surface area contributed by atoms with Gasteiger partial charge in [0.1, 0.15) is 0 Å². The van der Waals surface area contributed by atoms with Gasteiger partial charge < -0.3 is 21.5 Å². The first-order valence-electron chi connectivity index (χ1n) is 12.0. The third kappa shape index (κ3) is 7.53. The van der Waals surface area contributed by atoms with Crippen LogP contribution < -0.4 is 16.4 Å². The number of aliphatic carboxylic acids is 1. The molecule has 5 N–H and O–H groups in total. The standard InChI is InChI=1S/C27H33ClN4O3S/c1-16(2)11-23-24(19-8-7-17(3)22(28)14-19)32-27(36-23)31-15-21(26(34)35)13-18-5-4-6-20(12-18)25(33)30-10-9-29/h4-8,12,14,16,21H,9-11,13,15,29H2,1-3H3,(H,30,33)(H,31,32)(H,34,35). The summed E-state index contributed by atoms with van der Waals surface area (Å²) in [6, 6.07) is 12.9. The smallest absolute Gasteiger partial charge is 0.308 e. The van der Waals surface area contributed by atoms with Gasteiger partial charge in [0, 0.05) is 40.7 Å². The molecule has 0 aliphatic carbocycles. The number of nitrogens with zero attached hydrogens (tertiary/aromatic N) is 1. The van der Waals surface area contributed by atoms with Crippen molar-refractivity contribution in [3.05, 3.63) is 69.1 Å². The first kappa shape index (κ1) is 27.6. The Morgan fingerprint density at radius 1 is 1.17 bits per heavy atom. The largest absolute Gasteiger partial charge is 0.481 e. The number of aryl methyl sites for hydroxylation is 1. The number of carbonyl (C=O) groups is 2. The Hall–Kier alpha value is -2.94. The van der Waals surface area contributed by atoms with Gasteiger partial charge in [0.15, 0.2) is 5.13 Å². The highest BCUT2D eigenvalue weighted by atomic mass is 35.5. The Bertz CT molecular complexity index is 1210. The molecule has 0 aliphatic heterocycles. The van der Waals surface area contributed by atoms with Gasteiger partial charge in [0.05, 0.1) is 11.6 Å². The van der Waals surface area contributed by atoms with E-state index in [9.17, 15) is 14.7 Å². The number of thiazole rings is 1. The Balaban J connectivity index is 1.76. The fourth-order valence-corrected chi connectivity index (χ4v) is 5.15. The number of carboxylic acids is 1. The molecule has 1 unspecified atom stereocenters. The Morgan fingerprint density at radius 2 is 1.94 bits per heavy atom. The number of anilines is 1. The molecule has 1 heterocycles. The lowest BCUT2D eigenvalue weighted by Crippen LogP contribution is -2.29. The van der Waals surface area contributed by atoms with Crippen LogP contribution in [0, 0.1) is 18.8 Å². The molecule has 0 radical (unpaired) electrons. The summed E-state index contributed by atoms with van der Waals surface area (Å²) in [6.45, 7) is 7.22. The summed E-state index contributed by atoms with van der Waals surface area (Å²) in [7, 11) is 0. The second-order valence-electron chi connectivity index (χ2n) is 9.22. The number of hydrogen-bond acceptors (Lipinski definition) is 6. The number of benzene rings is 2. The van der Waals surface area contributed by atoms with E-state index >= 15 is 0 Å². The summed E-state index contributed by atoms with van der Waals surface area (Å²) >= 11 is 7.91. The lowest BCUT2D eigenvalue weighted by molar-refractivity contribution is -0.141. The molecule has 1 atom stereocenters. The SMILES string of the molecule is Cc1ccc(-c2nc(NCC(Cc3cccc(C(=O)NCCN)c3)C(=O)O)sc2CC(C)C)cc1Cl. The van der Waals surface area contributed by atoms with Crippen LogP contribution in [0.2, 0.25) is 5.02 Å². The molecular weight excluding hydrogens is 496 g/mol. The van der Waals surface area contributed by atoms with Gasteiger partial charge in [0.25, 0.3) is 5.91 Å². The molecule has 1 amide bonds. The number of carboxylic acid groups (broad SMARTS) is 1. The number of carbonyl (C=O) groups excluding carboxylic acids is 1. The number of nitrogens with two attached hydrogens (primary N) is 1. The van der Waals surface area contributed by atoms with Crippen molar-refractivity contribution < 1.29 is 14.7 Å². The van der Waals surface area contributed by atoms with Crippen LogP contribution in [-0.4, -0.2) is 41.6 Å². The molecule has 1 aromatic heterocycles. The molecule has 192 valence electrons. The minimum Gasteiger partial charge on any atom is -0.481 e. The van der Waals surface area contributed by atoms with Gasteiger partial charge in [0.2, 0.25) is 0 Å². The van der Waals surface area contributed by atoms with Crippen molar-refractivity contribution in [2.45, 2.75) is 33.6 Å². The molecule has 0 saturated heterocycles. The van der Waals surface area contributed by atoms with Crippen LogP contribution >= 0.6 is 22.9 Å². The second kappa shape index (κ2) is 12.9. The minimum atomic E-state index is -0.912. The Kier molecular flexibility index (Phi) is 9.87. The zero-order valence-electron chi connectivity index (χ0n) is 20.8. The van der Waals surface area contributed by atoms with E-state index in [1.54, 1.807) is 29.5 Å². The summed E-state index contributed by atoms with van der Waals surface area (Å²) in [5.74, 6) is -1.39. The van der Waals surface area contributed by atoms with Crippen LogP contribution in [0.4, 0.5) is 5.13 Å². The quantitative estimate of drug-likeness (QED) is 0.262. The summed E-state index contributed by atoms with van der Waals surface area (Å²) in [4.78, 5) is 30.2. The maximum absolute atomic E-state index is 12.2. The van der Waals surface area contributed by atoms with Gasteiger partial charge in [-0.25, -0.2) is 4.98 Å². The van der Waals surface area contributed by atoms with Gasteiger partial charge in [-0.2, -0.15) is 0 Å². The monoisotopic (exact) mass is 528 g/mol. The average molecular weight is 529 g/mol. The van der Waals surface area contributed by atoms with E-state index in [4.69, 9.17) is 22.3 Å². The zero-order chi connectivity index (χ0) is 26.2. The fraction of sp³-hybridized carbons (Fsp3) is 0.370. The molecule has 36 heavy (non-hydrogen) atoms. The minimum absolute atomic E-state index is 0.210. The first-order chi connectivity index (χ1) is 17.2. The van der Waals surface area contributed by atoms with E-state index in [2.05, 4.69) is 24.5 Å². The summed E-state index contributed by atoms with van der Waals surface area (Å²) in [5.41, 5.74) is 9.54. The second-order valence-corrected chi connectivity index (χ2v) is 10.7. The van der Waals surface area contributed by atoms with E-state index in [-0.39, 0.29) is 18.9 Å². The number of halogens is 1. The normalized spacial score (nSPS) is 11.9. The number of amides is 1. The number of hydrogen-bond donors (Lipinski definition) is 4. The molecule has 0 bridgehead atoms. The molecule has 3 aromatic rings. The molecule has 3 rings (SSSR count). The van der Waals surface area contributed by atoms with Crippen molar-refractivity contribution in [1.82, 2.24) is 10.3 Å².